The molecule has 1 fully saturated rings. The molecule has 0 amide bonds. The molecule has 0 aromatic carbocycles. The second-order valence-corrected chi connectivity index (χ2v) is 7.04. The second kappa shape index (κ2) is 5.32. The highest BCUT2D eigenvalue weighted by Gasteiger charge is 2.58. The van der Waals surface area contributed by atoms with Crippen LogP contribution in [0.1, 0.15) is 19.8 Å². The lowest BCUT2D eigenvalue weighted by molar-refractivity contribution is -0.165. The SMILES string of the molecule is C=C1C[C@H](S(=O)(=O)CC)CC1(C(=O)OC)C(=O)OC. The minimum absolute atomic E-state index is 0.0522. The van der Waals surface area contributed by atoms with Crippen molar-refractivity contribution in [2.45, 2.75) is 25.0 Å². The van der Waals surface area contributed by atoms with E-state index in [-0.39, 0.29) is 24.2 Å². The van der Waals surface area contributed by atoms with Crippen LogP contribution in [0.4, 0.5) is 0 Å². The minimum atomic E-state index is -3.36. The number of hydrogen-bond donors (Lipinski definition) is 0. The summed E-state index contributed by atoms with van der Waals surface area (Å²) in [5, 5.41) is -0.803. The van der Waals surface area contributed by atoms with E-state index in [4.69, 9.17) is 0 Å². The Balaban J connectivity index is 3.26. The Morgan fingerprint density at radius 1 is 1.32 bits per heavy atom. The number of rotatable bonds is 4. The van der Waals surface area contributed by atoms with Gasteiger partial charge in [-0.1, -0.05) is 13.5 Å². The molecule has 1 atom stereocenters. The summed E-state index contributed by atoms with van der Waals surface area (Å²) >= 11 is 0. The number of sulfone groups is 1. The van der Waals surface area contributed by atoms with Gasteiger partial charge in [0.25, 0.3) is 0 Å². The monoisotopic (exact) mass is 290 g/mol. The van der Waals surface area contributed by atoms with Gasteiger partial charge in [0, 0.05) is 5.75 Å². The van der Waals surface area contributed by atoms with Gasteiger partial charge in [0.2, 0.25) is 0 Å². The molecule has 0 bridgehead atoms. The van der Waals surface area contributed by atoms with Crippen molar-refractivity contribution < 1.29 is 27.5 Å². The van der Waals surface area contributed by atoms with Gasteiger partial charge in [0.1, 0.15) is 0 Å². The Labute approximate surface area is 112 Å². The van der Waals surface area contributed by atoms with Gasteiger partial charge in [-0.25, -0.2) is 8.42 Å². The van der Waals surface area contributed by atoms with Crippen LogP contribution in [0, 0.1) is 5.41 Å². The molecule has 19 heavy (non-hydrogen) atoms. The highest BCUT2D eigenvalue weighted by atomic mass is 32.2. The molecule has 0 heterocycles. The third-order valence-electron chi connectivity index (χ3n) is 3.59. The molecule has 6 nitrogen and oxygen atoms in total. The topological polar surface area (TPSA) is 86.7 Å². The number of esters is 2. The molecule has 7 heteroatoms. The van der Waals surface area contributed by atoms with Crippen LogP contribution in [-0.4, -0.2) is 45.6 Å². The van der Waals surface area contributed by atoms with E-state index >= 15 is 0 Å². The van der Waals surface area contributed by atoms with Gasteiger partial charge in [-0.3, -0.25) is 9.59 Å². The van der Waals surface area contributed by atoms with E-state index in [0.29, 0.717) is 0 Å². The number of carbonyl (C=O) groups excluding carboxylic acids is 2. The largest absolute Gasteiger partial charge is 0.468 e. The number of ether oxygens (including phenoxy) is 2. The minimum Gasteiger partial charge on any atom is -0.468 e. The second-order valence-electron chi connectivity index (χ2n) is 4.47. The standard InChI is InChI=1S/C12H18O6S/c1-5-19(15,16)9-6-8(2)12(7-9,10(13)17-3)11(14)18-4/h9H,2,5-7H2,1,3-4H3/t9-/m0/s1. The van der Waals surface area contributed by atoms with Crippen molar-refractivity contribution in [3.63, 3.8) is 0 Å². The van der Waals surface area contributed by atoms with Crippen LogP contribution in [0.5, 0.6) is 0 Å². The summed E-state index contributed by atoms with van der Waals surface area (Å²) < 4.78 is 33.1. The van der Waals surface area contributed by atoms with Crippen LogP contribution in [0.2, 0.25) is 0 Å². The van der Waals surface area contributed by atoms with Crippen LogP contribution < -0.4 is 0 Å². The summed E-state index contributed by atoms with van der Waals surface area (Å²) in [6.45, 7) is 5.20. The van der Waals surface area contributed by atoms with Crippen molar-refractivity contribution >= 4 is 21.8 Å². The molecule has 0 spiro atoms. The molecular formula is C12H18O6S. The number of carbonyl (C=O) groups is 2. The fraction of sp³-hybridized carbons (Fsp3) is 0.667. The van der Waals surface area contributed by atoms with Crippen molar-refractivity contribution in [3.05, 3.63) is 12.2 Å². The van der Waals surface area contributed by atoms with Crippen LogP contribution in [0.25, 0.3) is 0 Å². The van der Waals surface area contributed by atoms with Crippen molar-refractivity contribution in [1.29, 1.82) is 0 Å². The first-order valence-corrected chi connectivity index (χ1v) is 7.54. The Morgan fingerprint density at radius 3 is 2.16 bits per heavy atom. The summed E-state index contributed by atoms with van der Waals surface area (Å²) in [6, 6.07) is 0. The molecule has 108 valence electrons. The van der Waals surface area contributed by atoms with Gasteiger partial charge in [0.05, 0.1) is 19.5 Å². The molecule has 0 saturated heterocycles. The molecular weight excluding hydrogens is 272 g/mol. The van der Waals surface area contributed by atoms with E-state index in [0.717, 1.165) is 14.2 Å². The van der Waals surface area contributed by atoms with Crippen molar-refractivity contribution in [2.75, 3.05) is 20.0 Å². The molecule has 0 aromatic rings. The van der Waals surface area contributed by atoms with Gasteiger partial charge in [-0.05, 0) is 18.4 Å². The average Bonchev–Trinajstić information content (AvgIpc) is 2.76. The van der Waals surface area contributed by atoms with Crippen molar-refractivity contribution in [3.8, 4) is 0 Å². The highest BCUT2D eigenvalue weighted by Crippen LogP contribution is 2.46. The van der Waals surface area contributed by atoms with Gasteiger partial charge >= 0.3 is 11.9 Å². The maximum Gasteiger partial charge on any atom is 0.327 e. The molecule has 0 N–H and O–H groups in total. The van der Waals surface area contributed by atoms with Crippen LogP contribution in [0.3, 0.4) is 0 Å². The molecule has 0 unspecified atom stereocenters. The summed E-state index contributed by atoms with van der Waals surface area (Å²) in [4.78, 5) is 23.9. The first-order valence-electron chi connectivity index (χ1n) is 5.82. The van der Waals surface area contributed by atoms with Gasteiger partial charge in [0.15, 0.2) is 15.3 Å². The van der Waals surface area contributed by atoms with E-state index in [1.54, 1.807) is 0 Å². The smallest absolute Gasteiger partial charge is 0.327 e. The van der Waals surface area contributed by atoms with E-state index in [1.165, 1.54) is 6.92 Å². The lowest BCUT2D eigenvalue weighted by atomic mass is 9.83. The van der Waals surface area contributed by atoms with Gasteiger partial charge < -0.3 is 9.47 Å². The van der Waals surface area contributed by atoms with Crippen LogP contribution >= 0.6 is 0 Å². The summed E-state index contributed by atoms with van der Waals surface area (Å²) in [5.74, 6) is -1.69. The third kappa shape index (κ3) is 2.39. The average molecular weight is 290 g/mol. The predicted octanol–water partition coefficient (Wildman–Crippen LogP) is 0.472. The predicted molar refractivity (Wildman–Crippen MR) is 68.1 cm³/mol. The normalized spacial score (nSPS) is 22.1. The zero-order chi connectivity index (χ0) is 14.8. The quantitative estimate of drug-likeness (QED) is 0.425. The third-order valence-corrected chi connectivity index (χ3v) is 5.74. The van der Waals surface area contributed by atoms with E-state index < -0.39 is 32.4 Å². The maximum atomic E-state index is 11.9. The van der Waals surface area contributed by atoms with Gasteiger partial charge in [-0.15, -0.1) is 0 Å². The Hall–Kier alpha value is -1.37. The molecule has 1 saturated carbocycles. The number of methoxy groups -OCH3 is 2. The zero-order valence-corrected chi connectivity index (χ0v) is 12.1. The lowest BCUT2D eigenvalue weighted by Gasteiger charge is -2.24. The first-order chi connectivity index (χ1) is 8.76. The maximum absolute atomic E-state index is 11.9. The Bertz CT molecular complexity index is 488. The highest BCUT2D eigenvalue weighted by molar-refractivity contribution is 7.92. The van der Waals surface area contributed by atoms with Crippen LogP contribution in [0.15, 0.2) is 12.2 Å². The summed E-state index contributed by atoms with van der Waals surface area (Å²) in [7, 11) is -1.08. The molecule has 0 radical (unpaired) electrons. The van der Waals surface area contributed by atoms with E-state index in [1.807, 2.05) is 0 Å². The van der Waals surface area contributed by atoms with E-state index in [2.05, 4.69) is 16.1 Å². The first kappa shape index (κ1) is 15.7. The lowest BCUT2D eigenvalue weighted by Crippen LogP contribution is -2.41. The van der Waals surface area contributed by atoms with Crippen molar-refractivity contribution in [2.24, 2.45) is 5.41 Å². The van der Waals surface area contributed by atoms with Crippen LogP contribution in [-0.2, 0) is 28.9 Å². The number of hydrogen-bond acceptors (Lipinski definition) is 6. The zero-order valence-electron chi connectivity index (χ0n) is 11.3. The fourth-order valence-corrected chi connectivity index (χ4v) is 3.81. The molecule has 1 aliphatic rings. The molecule has 1 aliphatic carbocycles. The molecule has 0 aromatic heterocycles. The summed E-state index contributed by atoms with van der Waals surface area (Å²) in [6.07, 6.45) is -0.0955. The fourth-order valence-electron chi connectivity index (χ4n) is 2.38. The van der Waals surface area contributed by atoms with Crippen molar-refractivity contribution in [1.82, 2.24) is 0 Å². The summed E-state index contributed by atoms with van der Waals surface area (Å²) in [5.41, 5.74) is -1.47. The molecule has 0 aliphatic heterocycles. The molecule has 1 rings (SSSR count). The van der Waals surface area contributed by atoms with Gasteiger partial charge in [-0.2, -0.15) is 0 Å². The van der Waals surface area contributed by atoms with E-state index in [9.17, 15) is 18.0 Å². The Morgan fingerprint density at radius 2 is 1.79 bits per heavy atom. The Kier molecular flexibility index (Phi) is 4.39.